The first kappa shape index (κ1) is 22.4. The van der Waals surface area contributed by atoms with E-state index < -0.39 is 0 Å². The predicted octanol–water partition coefficient (Wildman–Crippen LogP) is 5.18. The van der Waals surface area contributed by atoms with Crippen molar-refractivity contribution in [2.24, 2.45) is 0 Å². The molecule has 0 bridgehead atoms. The number of halogens is 1. The van der Waals surface area contributed by atoms with Crippen LogP contribution in [0.4, 0.5) is 0 Å². The Bertz CT molecular complexity index is 919. The van der Waals surface area contributed by atoms with Crippen LogP contribution in [0.25, 0.3) is 5.57 Å². The molecule has 0 aliphatic carbocycles. The minimum atomic E-state index is -0.116. The van der Waals surface area contributed by atoms with Gasteiger partial charge in [-0.1, -0.05) is 41.9 Å². The molecule has 152 valence electrons. The molecule has 2 aromatic rings. The number of hydrogen-bond acceptors (Lipinski definition) is 4. The number of likely N-dealkylation sites (N-methyl/N-ethyl adjacent to an activating group) is 1. The summed E-state index contributed by atoms with van der Waals surface area (Å²) in [4.78, 5) is 25.5. The zero-order valence-corrected chi connectivity index (χ0v) is 17.9. The number of methoxy groups -OCH3 is 1. The summed E-state index contributed by atoms with van der Waals surface area (Å²) in [5, 5.41) is 0.475. The molecule has 5 heteroatoms. The molecule has 0 radical (unpaired) electrons. The number of rotatable bonds is 9. The van der Waals surface area contributed by atoms with Crippen molar-refractivity contribution in [2.45, 2.75) is 26.3 Å². The summed E-state index contributed by atoms with van der Waals surface area (Å²) in [6.45, 7) is 3.59. The van der Waals surface area contributed by atoms with E-state index in [-0.39, 0.29) is 11.8 Å². The molecular weight excluding hydrogens is 386 g/mol. The highest BCUT2D eigenvalue weighted by Gasteiger charge is 2.18. The Kier molecular flexibility index (Phi) is 8.22. The van der Waals surface area contributed by atoms with Gasteiger partial charge in [0.25, 0.3) is 0 Å². The Morgan fingerprint density at radius 2 is 1.86 bits per heavy atom. The van der Waals surface area contributed by atoms with Crippen LogP contribution in [0.15, 0.2) is 66.6 Å². The Morgan fingerprint density at radius 1 is 1.17 bits per heavy atom. The number of nitrogens with zero attached hydrogens (tertiary/aromatic N) is 1. The average Bonchev–Trinajstić information content (AvgIpc) is 2.70. The van der Waals surface area contributed by atoms with Gasteiger partial charge in [0.1, 0.15) is 12.0 Å². The Balaban J connectivity index is 2.40. The maximum absolute atomic E-state index is 12.1. The molecule has 0 spiro atoms. The lowest BCUT2D eigenvalue weighted by molar-refractivity contribution is -0.104. The van der Waals surface area contributed by atoms with E-state index in [4.69, 9.17) is 16.3 Å². The molecule has 29 heavy (non-hydrogen) atoms. The van der Waals surface area contributed by atoms with Gasteiger partial charge in [-0.15, -0.1) is 0 Å². The second kappa shape index (κ2) is 10.6. The summed E-state index contributed by atoms with van der Waals surface area (Å²) in [7, 11) is 3.49. The fourth-order valence-electron chi connectivity index (χ4n) is 3.06. The molecule has 2 rings (SSSR count). The summed E-state index contributed by atoms with van der Waals surface area (Å²) in [6.07, 6.45) is 4.77. The van der Waals surface area contributed by atoms with E-state index in [1.54, 1.807) is 18.2 Å². The average molecular weight is 412 g/mol. The molecule has 2 aromatic carbocycles. The Labute approximate surface area is 177 Å². The summed E-state index contributed by atoms with van der Waals surface area (Å²) < 4.78 is 5.60. The highest BCUT2D eigenvalue weighted by molar-refractivity contribution is 6.31. The third-order valence-electron chi connectivity index (χ3n) is 4.76. The van der Waals surface area contributed by atoms with Gasteiger partial charge in [-0.2, -0.15) is 0 Å². The number of benzene rings is 2. The number of allylic oxidation sites excluding steroid dienone is 2. The highest BCUT2D eigenvalue weighted by Crippen LogP contribution is 2.30. The molecular formula is C24H26ClNO3. The summed E-state index contributed by atoms with van der Waals surface area (Å²) in [6, 6.07) is 15.4. The van der Waals surface area contributed by atoms with Crippen molar-refractivity contribution in [3.8, 4) is 0 Å². The molecule has 1 atom stereocenters. The lowest BCUT2D eigenvalue weighted by Gasteiger charge is -2.25. The van der Waals surface area contributed by atoms with Crippen LogP contribution in [-0.2, 0) is 16.0 Å². The largest absolute Gasteiger partial charge is 0.495 e. The summed E-state index contributed by atoms with van der Waals surface area (Å²) >= 11 is 6.16. The minimum absolute atomic E-state index is 0.116. The molecule has 0 N–H and O–H groups in total. The van der Waals surface area contributed by atoms with E-state index in [1.807, 2.05) is 36.3 Å². The summed E-state index contributed by atoms with van der Waals surface area (Å²) in [5.41, 5.74) is 2.78. The van der Waals surface area contributed by atoms with Crippen molar-refractivity contribution in [3.05, 3.63) is 88.3 Å². The highest BCUT2D eigenvalue weighted by atomic mass is 35.5. The molecule has 4 nitrogen and oxygen atoms in total. The van der Waals surface area contributed by atoms with Gasteiger partial charge in [0.2, 0.25) is 0 Å². The van der Waals surface area contributed by atoms with Crippen molar-refractivity contribution in [1.29, 1.82) is 0 Å². The maximum atomic E-state index is 12.1. The van der Waals surface area contributed by atoms with E-state index in [2.05, 4.69) is 19.1 Å². The number of carbonyl (C=O) groups is 2. The standard InChI is InChI=1S/C24H26ClNO3/c1-17(14-19-8-6-5-7-9-19)26(3)16-24(29-4)22(12-13-27)23-15-20(25)10-11-21(23)18(2)28/h5-13,15-17H,14H2,1-4H3/b22-12-,24-16+. The van der Waals surface area contributed by atoms with Gasteiger partial charge in [-0.3, -0.25) is 9.59 Å². The number of carbonyl (C=O) groups excluding carboxylic acids is 2. The predicted molar refractivity (Wildman–Crippen MR) is 118 cm³/mol. The molecule has 0 heterocycles. The van der Waals surface area contributed by atoms with Crippen molar-refractivity contribution >= 4 is 29.2 Å². The normalized spacial score (nSPS) is 13.0. The minimum Gasteiger partial charge on any atom is -0.495 e. The van der Waals surface area contributed by atoms with Crippen LogP contribution >= 0.6 is 11.6 Å². The molecule has 0 aliphatic heterocycles. The van der Waals surface area contributed by atoms with E-state index >= 15 is 0 Å². The first-order chi connectivity index (χ1) is 13.9. The van der Waals surface area contributed by atoms with E-state index in [0.29, 0.717) is 33.8 Å². The van der Waals surface area contributed by atoms with Crippen molar-refractivity contribution < 1.29 is 14.3 Å². The van der Waals surface area contributed by atoms with Gasteiger partial charge >= 0.3 is 0 Å². The first-order valence-electron chi connectivity index (χ1n) is 9.35. The quantitative estimate of drug-likeness (QED) is 0.187. The number of ether oxygens (including phenoxy) is 1. The second-order valence-electron chi connectivity index (χ2n) is 6.86. The van der Waals surface area contributed by atoms with E-state index in [9.17, 15) is 9.59 Å². The number of ketones is 1. The third kappa shape index (κ3) is 6.06. The molecule has 0 amide bonds. The van der Waals surface area contributed by atoms with Gasteiger partial charge in [-0.25, -0.2) is 0 Å². The molecule has 0 aromatic heterocycles. The number of Topliss-reactive ketones (excluding diaryl/α,β-unsaturated/α-hetero) is 1. The van der Waals surface area contributed by atoms with Crippen LogP contribution in [0.1, 0.15) is 35.3 Å². The van der Waals surface area contributed by atoms with Gasteiger partial charge in [0.15, 0.2) is 5.78 Å². The van der Waals surface area contributed by atoms with Crippen LogP contribution in [-0.4, -0.2) is 37.2 Å². The lowest BCUT2D eigenvalue weighted by Crippen LogP contribution is -2.26. The van der Waals surface area contributed by atoms with Crippen LogP contribution in [0.3, 0.4) is 0 Å². The monoisotopic (exact) mass is 411 g/mol. The van der Waals surface area contributed by atoms with Gasteiger partial charge in [0.05, 0.1) is 7.11 Å². The fourth-order valence-corrected chi connectivity index (χ4v) is 3.23. The first-order valence-corrected chi connectivity index (χ1v) is 9.73. The SMILES string of the molecule is COC(=C/N(C)C(C)Cc1ccccc1)/C(=C\C=O)c1cc(Cl)ccc1C(C)=O. The maximum Gasteiger partial charge on any atom is 0.160 e. The van der Waals surface area contributed by atoms with Gasteiger partial charge < -0.3 is 9.64 Å². The number of aldehydes is 1. The second-order valence-corrected chi connectivity index (χ2v) is 7.30. The third-order valence-corrected chi connectivity index (χ3v) is 5.00. The zero-order valence-electron chi connectivity index (χ0n) is 17.2. The zero-order chi connectivity index (χ0) is 21.4. The van der Waals surface area contributed by atoms with Crippen LogP contribution in [0.5, 0.6) is 0 Å². The fraction of sp³-hybridized carbons (Fsp3) is 0.250. The number of hydrogen-bond donors (Lipinski definition) is 0. The molecule has 0 aliphatic rings. The molecule has 0 fully saturated rings. The smallest absolute Gasteiger partial charge is 0.160 e. The van der Waals surface area contributed by atoms with Gasteiger partial charge in [0, 0.05) is 35.4 Å². The Hall–Kier alpha value is -2.85. The van der Waals surface area contributed by atoms with Crippen molar-refractivity contribution in [2.75, 3.05) is 14.2 Å². The lowest BCUT2D eigenvalue weighted by atomic mass is 9.95. The van der Waals surface area contributed by atoms with E-state index in [1.165, 1.54) is 25.7 Å². The Morgan fingerprint density at radius 3 is 2.45 bits per heavy atom. The topological polar surface area (TPSA) is 46.6 Å². The van der Waals surface area contributed by atoms with Crippen LogP contribution < -0.4 is 0 Å². The summed E-state index contributed by atoms with van der Waals surface area (Å²) in [5.74, 6) is 0.360. The molecule has 0 saturated carbocycles. The van der Waals surface area contributed by atoms with E-state index in [0.717, 1.165) is 6.42 Å². The molecule has 0 saturated heterocycles. The van der Waals surface area contributed by atoms with Gasteiger partial charge in [-0.05, 0) is 55.7 Å². The molecule has 1 unspecified atom stereocenters. The van der Waals surface area contributed by atoms with Crippen LogP contribution in [0.2, 0.25) is 5.02 Å². The van der Waals surface area contributed by atoms with Crippen molar-refractivity contribution in [3.63, 3.8) is 0 Å². The van der Waals surface area contributed by atoms with Crippen LogP contribution in [0, 0.1) is 0 Å². The van der Waals surface area contributed by atoms with Crippen molar-refractivity contribution in [1.82, 2.24) is 4.90 Å².